The van der Waals surface area contributed by atoms with Gasteiger partial charge in [0.1, 0.15) is 5.15 Å². The van der Waals surface area contributed by atoms with E-state index >= 15 is 0 Å². The molecular formula is C15H19ClN4O. The van der Waals surface area contributed by atoms with Crippen molar-refractivity contribution < 1.29 is 4.79 Å². The second-order valence-corrected chi connectivity index (χ2v) is 5.10. The van der Waals surface area contributed by atoms with Crippen molar-refractivity contribution in [1.82, 2.24) is 15.2 Å². The maximum atomic E-state index is 12.6. The average molecular weight is 307 g/mol. The van der Waals surface area contributed by atoms with Gasteiger partial charge in [-0.3, -0.25) is 9.80 Å². The molecule has 1 saturated heterocycles. The molecule has 21 heavy (non-hydrogen) atoms. The van der Waals surface area contributed by atoms with Gasteiger partial charge in [0.2, 0.25) is 0 Å². The Bertz CT molecular complexity index is 597. The first-order valence-corrected chi connectivity index (χ1v) is 7.17. The highest BCUT2D eigenvalue weighted by molar-refractivity contribution is 6.29. The number of carbonyl (C=O) groups is 1. The van der Waals surface area contributed by atoms with Crippen molar-refractivity contribution in [3.63, 3.8) is 0 Å². The molecule has 1 fully saturated rings. The number of pyridine rings is 1. The lowest BCUT2D eigenvalue weighted by Crippen LogP contribution is -2.32. The number of nitrogens with one attached hydrogen (secondary N) is 1. The normalized spacial score (nSPS) is 16.7. The van der Waals surface area contributed by atoms with Crippen LogP contribution in [0.2, 0.25) is 5.15 Å². The highest BCUT2D eigenvalue weighted by Gasteiger charge is 2.32. The van der Waals surface area contributed by atoms with E-state index in [9.17, 15) is 4.79 Å². The Kier molecular flexibility index (Phi) is 4.85. The van der Waals surface area contributed by atoms with Crippen LogP contribution in [0.1, 0.15) is 13.8 Å². The fourth-order valence-corrected chi connectivity index (χ4v) is 2.42. The number of hydrogen-bond acceptors (Lipinski definition) is 3. The van der Waals surface area contributed by atoms with Crippen molar-refractivity contribution in [3.05, 3.63) is 47.0 Å². The largest absolute Gasteiger partial charge is 0.392 e. The topological polar surface area (TPSA) is 48.5 Å². The minimum atomic E-state index is -0.0556. The second-order valence-electron chi connectivity index (χ2n) is 4.71. The van der Waals surface area contributed by atoms with Gasteiger partial charge in [-0.15, -0.1) is 0 Å². The van der Waals surface area contributed by atoms with Crippen molar-refractivity contribution in [2.24, 2.45) is 0 Å². The Morgan fingerprint density at radius 2 is 2.24 bits per heavy atom. The molecule has 0 radical (unpaired) electrons. The van der Waals surface area contributed by atoms with Gasteiger partial charge in [-0.05, 0) is 31.6 Å². The summed E-state index contributed by atoms with van der Waals surface area (Å²) in [6.07, 6.45) is 5.44. The van der Waals surface area contributed by atoms with Crippen molar-refractivity contribution in [2.45, 2.75) is 13.8 Å². The second kappa shape index (κ2) is 6.63. The summed E-state index contributed by atoms with van der Waals surface area (Å²) in [5, 5.41) is 3.38. The molecule has 0 bridgehead atoms. The molecule has 1 aromatic heterocycles. The van der Waals surface area contributed by atoms with Gasteiger partial charge in [-0.1, -0.05) is 17.7 Å². The lowest BCUT2D eigenvalue weighted by molar-refractivity contribution is 0.231. The first-order chi connectivity index (χ1) is 10.1. The fraction of sp³-hybridized carbons (Fsp3) is 0.333. The molecule has 1 aliphatic rings. The Balaban J connectivity index is 2.27. The summed E-state index contributed by atoms with van der Waals surface area (Å²) in [4.78, 5) is 20.1. The Labute approximate surface area is 129 Å². The number of amides is 2. The number of urea groups is 1. The predicted molar refractivity (Wildman–Crippen MR) is 85.3 cm³/mol. The van der Waals surface area contributed by atoms with Gasteiger partial charge in [0.15, 0.2) is 0 Å². The van der Waals surface area contributed by atoms with E-state index in [0.717, 1.165) is 17.0 Å². The number of halogens is 1. The molecule has 0 aromatic carbocycles. The summed E-state index contributed by atoms with van der Waals surface area (Å²) < 4.78 is 0. The Hall–Kier alpha value is -2.01. The van der Waals surface area contributed by atoms with E-state index in [1.807, 2.05) is 33.2 Å². The lowest BCUT2D eigenvalue weighted by Gasteiger charge is -2.22. The zero-order valence-corrected chi connectivity index (χ0v) is 13.2. The molecular weight excluding hydrogens is 288 g/mol. The van der Waals surface area contributed by atoms with E-state index in [1.165, 1.54) is 0 Å². The molecule has 0 unspecified atom stereocenters. The third-order valence-corrected chi connectivity index (χ3v) is 3.65. The zero-order chi connectivity index (χ0) is 15.4. The zero-order valence-electron chi connectivity index (χ0n) is 12.4. The van der Waals surface area contributed by atoms with E-state index in [1.54, 1.807) is 28.1 Å². The van der Waals surface area contributed by atoms with Gasteiger partial charge in [0, 0.05) is 32.5 Å². The molecule has 0 saturated carbocycles. The van der Waals surface area contributed by atoms with Crippen LogP contribution in [-0.4, -0.2) is 36.1 Å². The quantitative estimate of drug-likeness (QED) is 0.687. The van der Waals surface area contributed by atoms with Gasteiger partial charge >= 0.3 is 6.03 Å². The van der Waals surface area contributed by atoms with Crippen molar-refractivity contribution in [3.8, 4) is 0 Å². The van der Waals surface area contributed by atoms with Crippen LogP contribution in [0.3, 0.4) is 0 Å². The standard InChI is InChI=1S/C15H19ClN4O/c1-4-11(2)13(10-17-3)20-8-7-19(15(20)21)12-5-6-18-14(16)9-12/h4-6,9-10,17H,7-8H2,1-3H3/b11-4-,13-10+. The first-order valence-electron chi connectivity index (χ1n) is 6.79. The van der Waals surface area contributed by atoms with E-state index in [2.05, 4.69) is 10.3 Å². The van der Waals surface area contributed by atoms with Gasteiger partial charge in [-0.25, -0.2) is 9.78 Å². The summed E-state index contributed by atoms with van der Waals surface area (Å²) in [5.74, 6) is 0. The molecule has 0 atom stereocenters. The van der Waals surface area contributed by atoms with Crippen LogP contribution in [0.15, 0.2) is 41.9 Å². The van der Waals surface area contributed by atoms with E-state index in [0.29, 0.717) is 18.2 Å². The lowest BCUT2D eigenvalue weighted by atomic mass is 10.2. The van der Waals surface area contributed by atoms with Crippen LogP contribution in [0.4, 0.5) is 10.5 Å². The number of carbonyl (C=O) groups excluding carboxylic acids is 1. The summed E-state index contributed by atoms with van der Waals surface area (Å²) in [6, 6.07) is 3.43. The highest BCUT2D eigenvalue weighted by atomic mass is 35.5. The number of hydrogen-bond donors (Lipinski definition) is 1. The minimum absolute atomic E-state index is 0.0556. The summed E-state index contributed by atoms with van der Waals surface area (Å²) in [5.41, 5.74) is 2.70. The van der Waals surface area contributed by atoms with E-state index in [-0.39, 0.29) is 6.03 Å². The van der Waals surface area contributed by atoms with Crippen LogP contribution < -0.4 is 10.2 Å². The minimum Gasteiger partial charge on any atom is -0.392 e. The summed E-state index contributed by atoms with van der Waals surface area (Å²) >= 11 is 5.90. The highest BCUT2D eigenvalue weighted by Crippen LogP contribution is 2.26. The third-order valence-electron chi connectivity index (χ3n) is 3.44. The smallest absolute Gasteiger partial charge is 0.329 e. The molecule has 2 amide bonds. The number of anilines is 1. The molecule has 1 aromatic rings. The Morgan fingerprint density at radius 1 is 1.48 bits per heavy atom. The van der Waals surface area contributed by atoms with Crippen molar-refractivity contribution in [2.75, 3.05) is 25.0 Å². The van der Waals surface area contributed by atoms with Crippen LogP contribution in [-0.2, 0) is 0 Å². The molecule has 0 spiro atoms. The van der Waals surface area contributed by atoms with Gasteiger partial charge in [-0.2, -0.15) is 0 Å². The third kappa shape index (κ3) is 3.19. The molecule has 1 aliphatic heterocycles. The predicted octanol–water partition coefficient (Wildman–Crippen LogP) is 3.00. The number of nitrogens with zero attached hydrogens (tertiary/aromatic N) is 3. The van der Waals surface area contributed by atoms with Crippen molar-refractivity contribution in [1.29, 1.82) is 0 Å². The van der Waals surface area contributed by atoms with Crippen LogP contribution in [0.5, 0.6) is 0 Å². The summed E-state index contributed by atoms with van der Waals surface area (Å²) in [6.45, 7) is 5.21. The molecule has 0 aliphatic carbocycles. The fourth-order valence-electron chi connectivity index (χ4n) is 2.25. The van der Waals surface area contributed by atoms with Crippen LogP contribution in [0.25, 0.3) is 0 Å². The number of allylic oxidation sites excluding steroid dienone is 2. The molecule has 2 heterocycles. The molecule has 6 heteroatoms. The Morgan fingerprint density at radius 3 is 2.86 bits per heavy atom. The van der Waals surface area contributed by atoms with Crippen molar-refractivity contribution >= 4 is 23.3 Å². The SMILES string of the molecule is C/C=C(C)\C(=C/NC)N1CCN(c2ccnc(Cl)c2)C1=O. The van der Waals surface area contributed by atoms with E-state index in [4.69, 9.17) is 11.6 Å². The molecule has 2 rings (SSSR count). The molecule has 1 N–H and O–H groups in total. The number of aromatic nitrogens is 1. The van der Waals surface area contributed by atoms with E-state index < -0.39 is 0 Å². The maximum absolute atomic E-state index is 12.6. The molecule has 112 valence electrons. The molecule has 5 nitrogen and oxygen atoms in total. The first kappa shape index (κ1) is 15.4. The summed E-state index contributed by atoms with van der Waals surface area (Å²) in [7, 11) is 1.82. The van der Waals surface area contributed by atoms with Crippen LogP contribution >= 0.6 is 11.6 Å². The van der Waals surface area contributed by atoms with Crippen LogP contribution in [0, 0.1) is 0 Å². The van der Waals surface area contributed by atoms with Gasteiger partial charge < -0.3 is 5.32 Å². The number of rotatable bonds is 4. The maximum Gasteiger partial charge on any atom is 0.329 e. The monoisotopic (exact) mass is 306 g/mol. The van der Waals surface area contributed by atoms with Gasteiger partial charge in [0.05, 0.1) is 11.4 Å². The average Bonchev–Trinajstić information content (AvgIpc) is 2.85. The van der Waals surface area contributed by atoms with Gasteiger partial charge in [0.25, 0.3) is 0 Å².